The molecule has 1 aromatic rings. The molecule has 0 saturated carbocycles. The van der Waals surface area contributed by atoms with Crippen LogP contribution in [0.5, 0.6) is 5.75 Å². The van der Waals surface area contributed by atoms with Gasteiger partial charge in [0.25, 0.3) is 5.91 Å². The van der Waals surface area contributed by atoms with Gasteiger partial charge in [0.2, 0.25) is 0 Å². The fraction of sp³-hybridized carbons (Fsp3) is 0.588. The van der Waals surface area contributed by atoms with E-state index in [4.69, 9.17) is 10.5 Å². The quantitative estimate of drug-likeness (QED) is 0.847. The minimum absolute atomic E-state index is 0.0380. The molecule has 0 aliphatic carbocycles. The van der Waals surface area contributed by atoms with Crippen molar-refractivity contribution in [2.24, 2.45) is 5.73 Å². The standard InChI is InChI=1S/C17H25N3O3/c18-11-15-4-5-16(23-15)17(22)20-8-6-19(7-9-20)12-13-2-1-3-14(21)10-13/h1-3,10,15-16,21H,4-9,11-12,18H2/t15-,16+/m1/s1. The molecule has 0 aromatic heterocycles. The Hall–Kier alpha value is -1.63. The fourth-order valence-corrected chi connectivity index (χ4v) is 3.30. The van der Waals surface area contributed by atoms with Gasteiger partial charge in [-0.3, -0.25) is 9.69 Å². The molecule has 126 valence electrons. The summed E-state index contributed by atoms with van der Waals surface area (Å²) >= 11 is 0. The molecule has 3 rings (SSSR count). The first-order valence-corrected chi connectivity index (χ1v) is 8.30. The molecule has 1 amide bonds. The van der Waals surface area contributed by atoms with Crippen molar-refractivity contribution < 1.29 is 14.6 Å². The topological polar surface area (TPSA) is 79.0 Å². The molecule has 2 aliphatic heterocycles. The van der Waals surface area contributed by atoms with E-state index in [-0.39, 0.29) is 18.1 Å². The maximum Gasteiger partial charge on any atom is 0.251 e. The van der Waals surface area contributed by atoms with E-state index in [1.165, 1.54) is 0 Å². The smallest absolute Gasteiger partial charge is 0.251 e. The number of carbonyl (C=O) groups is 1. The Morgan fingerprint density at radius 1 is 1.26 bits per heavy atom. The van der Waals surface area contributed by atoms with Gasteiger partial charge in [-0.15, -0.1) is 0 Å². The van der Waals surface area contributed by atoms with Gasteiger partial charge in [-0.25, -0.2) is 0 Å². The van der Waals surface area contributed by atoms with Crippen molar-refractivity contribution in [2.45, 2.75) is 31.6 Å². The van der Waals surface area contributed by atoms with Gasteiger partial charge in [0, 0.05) is 39.3 Å². The summed E-state index contributed by atoms with van der Waals surface area (Å²) in [6, 6.07) is 7.33. The van der Waals surface area contributed by atoms with Crippen molar-refractivity contribution in [2.75, 3.05) is 32.7 Å². The fourth-order valence-electron chi connectivity index (χ4n) is 3.30. The monoisotopic (exact) mass is 319 g/mol. The number of ether oxygens (including phenoxy) is 1. The summed E-state index contributed by atoms with van der Waals surface area (Å²) in [5.41, 5.74) is 6.69. The minimum Gasteiger partial charge on any atom is -0.508 e. The second kappa shape index (κ2) is 7.29. The lowest BCUT2D eigenvalue weighted by molar-refractivity contribution is -0.144. The Morgan fingerprint density at radius 2 is 2.04 bits per heavy atom. The summed E-state index contributed by atoms with van der Waals surface area (Å²) in [4.78, 5) is 16.7. The summed E-state index contributed by atoms with van der Waals surface area (Å²) in [5, 5.41) is 9.53. The van der Waals surface area contributed by atoms with Crippen molar-refractivity contribution in [3.8, 4) is 5.75 Å². The summed E-state index contributed by atoms with van der Waals surface area (Å²) in [7, 11) is 0. The third-order valence-corrected chi connectivity index (χ3v) is 4.65. The van der Waals surface area contributed by atoms with Crippen molar-refractivity contribution >= 4 is 5.91 Å². The van der Waals surface area contributed by atoms with E-state index in [1.807, 2.05) is 17.0 Å². The van der Waals surface area contributed by atoms with Crippen molar-refractivity contribution in [1.82, 2.24) is 9.80 Å². The number of hydrogen-bond acceptors (Lipinski definition) is 5. The molecule has 1 aromatic carbocycles. The van der Waals surface area contributed by atoms with Gasteiger partial charge < -0.3 is 20.5 Å². The van der Waals surface area contributed by atoms with E-state index in [0.717, 1.165) is 51.1 Å². The Labute approximate surface area is 136 Å². The van der Waals surface area contributed by atoms with Crippen LogP contribution in [0.15, 0.2) is 24.3 Å². The molecule has 2 aliphatic rings. The summed E-state index contributed by atoms with van der Waals surface area (Å²) in [6.07, 6.45) is 1.39. The Kier molecular flexibility index (Phi) is 5.15. The molecule has 0 spiro atoms. The zero-order chi connectivity index (χ0) is 16.2. The van der Waals surface area contributed by atoms with E-state index in [1.54, 1.807) is 12.1 Å². The highest BCUT2D eigenvalue weighted by atomic mass is 16.5. The lowest BCUT2D eigenvalue weighted by Crippen LogP contribution is -2.51. The molecule has 2 fully saturated rings. The predicted octanol–water partition coefficient (Wildman–Crippen LogP) is 0.543. The van der Waals surface area contributed by atoms with Gasteiger partial charge in [0.15, 0.2) is 0 Å². The van der Waals surface area contributed by atoms with Crippen LogP contribution in [-0.2, 0) is 16.1 Å². The van der Waals surface area contributed by atoms with Gasteiger partial charge in [-0.2, -0.15) is 0 Å². The van der Waals surface area contributed by atoms with Crippen LogP contribution in [-0.4, -0.2) is 65.7 Å². The zero-order valence-corrected chi connectivity index (χ0v) is 13.4. The summed E-state index contributed by atoms with van der Waals surface area (Å²) in [6.45, 7) is 4.42. The molecule has 2 saturated heterocycles. The molecule has 23 heavy (non-hydrogen) atoms. The summed E-state index contributed by atoms with van der Waals surface area (Å²) < 4.78 is 5.70. The average Bonchev–Trinajstić information content (AvgIpc) is 3.04. The van der Waals surface area contributed by atoms with E-state index < -0.39 is 0 Å². The van der Waals surface area contributed by atoms with E-state index >= 15 is 0 Å². The van der Waals surface area contributed by atoms with Crippen LogP contribution in [0, 0.1) is 0 Å². The molecule has 6 nitrogen and oxygen atoms in total. The van der Waals surface area contributed by atoms with Crippen LogP contribution >= 0.6 is 0 Å². The number of carbonyl (C=O) groups excluding carboxylic acids is 1. The van der Waals surface area contributed by atoms with Gasteiger partial charge in [0.1, 0.15) is 11.9 Å². The van der Waals surface area contributed by atoms with E-state index in [9.17, 15) is 9.90 Å². The number of phenols is 1. The van der Waals surface area contributed by atoms with Gasteiger partial charge in [0.05, 0.1) is 6.10 Å². The number of aromatic hydroxyl groups is 1. The highest BCUT2D eigenvalue weighted by Crippen LogP contribution is 2.21. The first-order valence-electron chi connectivity index (χ1n) is 8.30. The molecule has 6 heteroatoms. The molecule has 0 radical (unpaired) electrons. The number of rotatable bonds is 4. The molecule has 0 bridgehead atoms. The van der Waals surface area contributed by atoms with Gasteiger partial charge >= 0.3 is 0 Å². The largest absolute Gasteiger partial charge is 0.508 e. The van der Waals surface area contributed by atoms with Gasteiger partial charge in [-0.1, -0.05) is 12.1 Å². The highest BCUT2D eigenvalue weighted by Gasteiger charge is 2.34. The second-order valence-corrected chi connectivity index (χ2v) is 6.33. The number of piperazine rings is 1. The SMILES string of the molecule is NC[C@H]1CC[C@@H](C(=O)N2CCN(Cc3cccc(O)c3)CC2)O1. The van der Waals surface area contributed by atoms with Crippen molar-refractivity contribution in [3.05, 3.63) is 29.8 Å². The molecular weight excluding hydrogens is 294 g/mol. The molecule has 2 atom stereocenters. The third kappa shape index (κ3) is 4.02. The lowest BCUT2D eigenvalue weighted by Gasteiger charge is -2.35. The van der Waals surface area contributed by atoms with E-state index in [0.29, 0.717) is 12.3 Å². The third-order valence-electron chi connectivity index (χ3n) is 4.65. The summed E-state index contributed by atoms with van der Waals surface area (Å²) in [5.74, 6) is 0.405. The molecule has 2 heterocycles. The molecular formula is C17H25N3O3. The number of benzene rings is 1. The second-order valence-electron chi connectivity index (χ2n) is 6.33. The average molecular weight is 319 g/mol. The number of nitrogens with zero attached hydrogens (tertiary/aromatic N) is 2. The van der Waals surface area contributed by atoms with Crippen molar-refractivity contribution in [1.29, 1.82) is 0 Å². The number of phenolic OH excluding ortho intramolecular Hbond substituents is 1. The lowest BCUT2D eigenvalue weighted by atomic mass is 10.1. The predicted molar refractivity (Wildman–Crippen MR) is 86.9 cm³/mol. The maximum absolute atomic E-state index is 12.5. The van der Waals surface area contributed by atoms with Gasteiger partial charge in [-0.05, 0) is 30.5 Å². The Bertz CT molecular complexity index is 544. The highest BCUT2D eigenvalue weighted by molar-refractivity contribution is 5.81. The van der Waals surface area contributed by atoms with Crippen LogP contribution < -0.4 is 5.73 Å². The van der Waals surface area contributed by atoms with Crippen LogP contribution in [0.4, 0.5) is 0 Å². The first kappa shape index (κ1) is 16.2. The molecule has 3 N–H and O–H groups in total. The normalized spacial score (nSPS) is 25.7. The van der Waals surface area contributed by atoms with Crippen LogP contribution in [0.25, 0.3) is 0 Å². The van der Waals surface area contributed by atoms with Crippen molar-refractivity contribution in [3.63, 3.8) is 0 Å². The van der Waals surface area contributed by atoms with Crippen LogP contribution in [0.1, 0.15) is 18.4 Å². The Balaban J connectivity index is 1.47. The maximum atomic E-state index is 12.5. The van der Waals surface area contributed by atoms with E-state index in [2.05, 4.69) is 4.90 Å². The minimum atomic E-state index is -0.304. The van der Waals surface area contributed by atoms with Crippen LogP contribution in [0.3, 0.4) is 0 Å². The Morgan fingerprint density at radius 3 is 2.70 bits per heavy atom. The number of amides is 1. The first-order chi connectivity index (χ1) is 11.2. The zero-order valence-electron chi connectivity index (χ0n) is 13.4. The number of hydrogen-bond donors (Lipinski definition) is 2. The number of nitrogens with two attached hydrogens (primary N) is 1. The van der Waals surface area contributed by atoms with Crippen LogP contribution in [0.2, 0.25) is 0 Å². The molecule has 0 unspecified atom stereocenters.